The SMILES string of the molecule is CC(=O)/C=C(/C)[O-].[Ca+2].[OH-]. The smallest absolute Gasteiger partial charge is 0.876 e. The van der Waals surface area contributed by atoms with Gasteiger partial charge in [-0.2, -0.15) is 0 Å². The first-order valence-corrected chi connectivity index (χ1v) is 1.99. The summed E-state index contributed by atoms with van der Waals surface area (Å²) >= 11 is 0. The molecule has 0 heterocycles. The van der Waals surface area contributed by atoms with Crippen LogP contribution in [0, 0.1) is 0 Å². The van der Waals surface area contributed by atoms with Crippen LogP contribution in [0.3, 0.4) is 0 Å². The largest absolute Gasteiger partial charge is 2.00 e. The molecule has 0 spiro atoms. The van der Waals surface area contributed by atoms with Crippen LogP contribution in [0.1, 0.15) is 13.8 Å². The van der Waals surface area contributed by atoms with Crippen LogP contribution in [0.2, 0.25) is 0 Å². The number of ketones is 1. The number of hydrogen-bond donors (Lipinski definition) is 0. The molecule has 0 aliphatic heterocycles. The summed E-state index contributed by atoms with van der Waals surface area (Å²) in [6.07, 6.45) is 1.06. The van der Waals surface area contributed by atoms with E-state index in [4.69, 9.17) is 0 Å². The molecule has 0 aliphatic rings. The van der Waals surface area contributed by atoms with E-state index in [0.717, 1.165) is 6.08 Å². The third kappa shape index (κ3) is 17.8. The maximum absolute atomic E-state index is 9.98. The second-order valence-electron chi connectivity index (χ2n) is 1.37. The van der Waals surface area contributed by atoms with Crippen molar-refractivity contribution >= 4 is 43.5 Å². The van der Waals surface area contributed by atoms with Gasteiger partial charge in [-0.25, -0.2) is 0 Å². The molecule has 0 atom stereocenters. The fourth-order valence-electron chi connectivity index (χ4n) is 0.286. The number of rotatable bonds is 1. The van der Waals surface area contributed by atoms with Crippen molar-refractivity contribution in [3.63, 3.8) is 0 Å². The van der Waals surface area contributed by atoms with Gasteiger partial charge in [-0.3, -0.25) is 4.79 Å². The van der Waals surface area contributed by atoms with Crippen LogP contribution in [0.15, 0.2) is 11.8 Å². The minimum Gasteiger partial charge on any atom is -0.876 e. The molecule has 0 amide bonds. The average Bonchev–Trinajstić information content (AvgIpc) is 1.27. The monoisotopic (exact) mass is 156 g/mol. The van der Waals surface area contributed by atoms with Crippen LogP contribution in [0.5, 0.6) is 0 Å². The van der Waals surface area contributed by atoms with E-state index in [-0.39, 0.29) is 54.8 Å². The Kier molecular flexibility index (Phi) is 15.2. The fraction of sp³-hybridized carbons (Fsp3) is 0.400. The van der Waals surface area contributed by atoms with Gasteiger partial charge < -0.3 is 10.6 Å². The summed E-state index contributed by atoms with van der Waals surface area (Å²) < 4.78 is 0. The zero-order chi connectivity index (χ0) is 5.86. The molecule has 3 nitrogen and oxygen atoms in total. The Morgan fingerprint density at radius 1 is 1.44 bits per heavy atom. The van der Waals surface area contributed by atoms with Gasteiger partial charge in [0.05, 0.1) is 0 Å². The van der Waals surface area contributed by atoms with Gasteiger partial charge in [0.2, 0.25) is 0 Å². The Morgan fingerprint density at radius 2 is 1.78 bits per heavy atom. The normalized spacial score (nSPS) is 8.89. The van der Waals surface area contributed by atoms with E-state index in [9.17, 15) is 9.90 Å². The van der Waals surface area contributed by atoms with Gasteiger partial charge in [-0.1, -0.05) is 6.92 Å². The molecule has 4 heteroatoms. The van der Waals surface area contributed by atoms with E-state index < -0.39 is 0 Å². The average molecular weight is 156 g/mol. The second-order valence-corrected chi connectivity index (χ2v) is 1.37. The van der Waals surface area contributed by atoms with E-state index in [1.165, 1.54) is 13.8 Å². The van der Waals surface area contributed by atoms with E-state index in [0.29, 0.717) is 0 Å². The van der Waals surface area contributed by atoms with E-state index in [1.54, 1.807) is 0 Å². The molecular weight excluding hydrogens is 148 g/mol. The number of carbonyl (C=O) groups is 1. The van der Waals surface area contributed by atoms with Crippen LogP contribution in [0.25, 0.3) is 0 Å². The van der Waals surface area contributed by atoms with Crippen molar-refractivity contribution in [2.45, 2.75) is 13.8 Å². The first-order valence-electron chi connectivity index (χ1n) is 1.99. The molecular formula is C5H8CaO3. The maximum atomic E-state index is 9.98. The molecule has 0 saturated carbocycles. The van der Waals surface area contributed by atoms with Crippen molar-refractivity contribution in [1.82, 2.24) is 0 Å². The van der Waals surface area contributed by atoms with E-state index >= 15 is 0 Å². The van der Waals surface area contributed by atoms with Crippen molar-refractivity contribution in [3.05, 3.63) is 11.8 Å². The fourth-order valence-corrected chi connectivity index (χ4v) is 0.286. The molecule has 0 bridgehead atoms. The van der Waals surface area contributed by atoms with Crippen molar-refractivity contribution in [3.8, 4) is 0 Å². The molecule has 0 aromatic carbocycles. The molecule has 0 aromatic heterocycles. The number of carbonyl (C=O) groups excluding carboxylic acids is 1. The van der Waals surface area contributed by atoms with Crippen molar-refractivity contribution in [2.75, 3.05) is 0 Å². The Morgan fingerprint density at radius 3 is 1.78 bits per heavy atom. The topological polar surface area (TPSA) is 70.1 Å². The Bertz CT molecular complexity index is 105. The molecule has 0 radical (unpaired) electrons. The second kappa shape index (κ2) is 8.43. The summed E-state index contributed by atoms with van der Waals surface area (Å²) in [6.45, 7) is 2.70. The minimum absolute atomic E-state index is 0. The van der Waals surface area contributed by atoms with Gasteiger partial charge >= 0.3 is 37.7 Å². The third-order valence-electron chi connectivity index (χ3n) is 0.407. The van der Waals surface area contributed by atoms with Gasteiger partial charge in [0.15, 0.2) is 5.78 Å². The van der Waals surface area contributed by atoms with Crippen LogP contribution >= 0.6 is 0 Å². The standard InChI is InChI=1S/C5H8O2.Ca.H2O/c1-4(6)3-5(2)7;;/h3,6H,1-2H3;;1H2/q;+2;/p-2/b4-3-;;. The molecule has 1 N–H and O–H groups in total. The quantitative estimate of drug-likeness (QED) is 0.286. The maximum Gasteiger partial charge on any atom is 2.00 e. The molecule has 0 saturated heterocycles. The van der Waals surface area contributed by atoms with E-state index in [2.05, 4.69) is 0 Å². The predicted octanol–water partition coefficient (Wildman–Crippen LogP) is -0.718. The Labute approximate surface area is 84.1 Å². The van der Waals surface area contributed by atoms with Crippen LogP contribution in [-0.2, 0) is 4.79 Å². The Balaban J connectivity index is -0.000000180. The molecule has 48 valence electrons. The van der Waals surface area contributed by atoms with Crippen molar-refractivity contribution < 1.29 is 15.4 Å². The number of hydrogen-bond acceptors (Lipinski definition) is 3. The summed E-state index contributed by atoms with van der Waals surface area (Å²) in [5.74, 6) is -0.375. The van der Waals surface area contributed by atoms with Gasteiger partial charge in [0.25, 0.3) is 0 Å². The van der Waals surface area contributed by atoms with Gasteiger partial charge in [0.1, 0.15) is 0 Å². The van der Waals surface area contributed by atoms with Crippen LogP contribution in [0.4, 0.5) is 0 Å². The summed E-state index contributed by atoms with van der Waals surface area (Å²) in [7, 11) is 0. The zero-order valence-corrected chi connectivity index (χ0v) is 7.76. The summed E-state index contributed by atoms with van der Waals surface area (Å²) in [5, 5.41) is 9.98. The van der Waals surface area contributed by atoms with Gasteiger partial charge in [-0.05, 0) is 13.0 Å². The molecule has 0 rings (SSSR count). The van der Waals surface area contributed by atoms with Crippen molar-refractivity contribution in [1.29, 1.82) is 0 Å². The molecule has 0 aliphatic carbocycles. The zero-order valence-electron chi connectivity index (χ0n) is 5.55. The molecule has 0 unspecified atom stereocenters. The third-order valence-corrected chi connectivity index (χ3v) is 0.407. The molecule has 9 heavy (non-hydrogen) atoms. The first-order chi connectivity index (χ1) is 3.13. The van der Waals surface area contributed by atoms with Gasteiger partial charge in [0, 0.05) is 0 Å². The summed E-state index contributed by atoms with van der Waals surface area (Å²) in [4.78, 5) is 9.98. The first kappa shape index (κ1) is 16.2. The van der Waals surface area contributed by atoms with E-state index in [1.807, 2.05) is 0 Å². The predicted molar refractivity (Wildman–Crippen MR) is 32.1 cm³/mol. The summed E-state index contributed by atoms with van der Waals surface area (Å²) in [5.41, 5.74) is 0. The minimum atomic E-state index is -0.187. The van der Waals surface area contributed by atoms with Gasteiger partial charge in [-0.15, -0.1) is 5.76 Å². The van der Waals surface area contributed by atoms with Crippen LogP contribution < -0.4 is 5.11 Å². The molecule has 0 fully saturated rings. The summed E-state index contributed by atoms with van der Waals surface area (Å²) in [6, 6.07) is 0. The Hall–Kier alpha value is 0.430. The van der Waals surface area contributed by atoms with Crippen molar-refractivity contribution in [2.24, 2.45) is 0 Å². The number of allylic oxidation sites excluding steroid dienone is 2. The molecule has 0 aromatic rings. The van der Waals surface area contributed by atoms with Crippen LogP contribution in [-0.4, -0.2) is 49.0 Å².